The molecule has 6 rings (SSSR count). The molecule has 0 bridgehead atoms. The summed E-state index contributed by atoms with van der Waals surface area (Å²) < 4.78 is 13.2. The van der Waals surface area contributed by atoms with Crippen LogP contribution in [0.15, 0.2) is 88.5 Å². The number of para-hydroxylation sites is 1. The number of pyridine rings is 1. The number of fused-ring (bicyclic) bond motifs is 3. The fraction of sp³-hybridized carbons (Fsp3) is 0.303. The summed E-state index contributed by atoms with van der Waals surface area (Å²) in [7, 11) is 0.469. The molecule has 8 nitrogen and oxygen atoms in total. The molecule has 1 aromatic heterocycles. The molecule has 10 heteroatoms. The van der Waals surface area contributed by atoms with Crippen LogP contribution in [0.1, 0.15) is 30.5 Å². The number of amides is 2. The Morgan fingerprint density at radius 1 is 1.12 bits per heavy atom. The van der Waals surface area contributed by atoms with Crippen LogP contribution < -0.4 is 4.74 Å². The van der Waals surface area contributed by atoms with Crippen LogP contribution in [0.2, 0.25) is 6.32 Å². The molecule has 4 atom stereocenters. The van der Waals surface area contributed by atoms with E-state index >= 15 is 0 Å². The van der Waals surface area contributed by atoms with Gasteiger partial charge >= 0.3 is 7.12 Å². The number of phenolic OH excluding ortho intramolecular Hbond substituents is 1. The first-order valence-electron chi connectivity index (χ1n) is 14.4. The number of ether oxygens (including phenoxy) is 1. The van der Waals surface area contributed by atoms with Gasteiger partial charge in [0.15, 0.2) is 0 Å². The average Bonchev–Trinajstić information content (AvgIpc) is 3.23. The fourth-order valence-corrected chi connectivity index (χ4v) is 7.06. The van der Waals surface area contributed by atoms with Crippen LogP contribution in [0.25, 0.3) is 11.6 Å². The van der Waals surface area contributed by atoms with Crippen molar-refractivity contribution in [3.63, 3.8) is 0 Å². The summed E-state index contributed by atoms with van der Waals surface area (Å²) in [5.74, 6) is -0.864. The maximum absolute atomic E-state index is 13.3. The van der Waals surface area contributed by atoms with Gasteiger partial charge in [-0.25, -0.2) is 0 Å². The van der Waals surface area contributed by atoms with Crippen LogP contribution in [0.4, 0.5) is 0 Å². The molecular formula is C33H32BBrN2O6. The number of carbonyl (C=O) groups is 2. The third kappa shape index (κ3) is 6.05. The fourth-order valence-electron chi connectivity index (χ4n) is 6.68. The summed E-state index contributed by atoms with van der Waals surface area (Å²) in [4.78, 5) is 32.2. The first-order valence-corrected chi connectivity index (χ1v) is 15.2. The van der Waals surface area contributed by atoms with Crippen molar-refractivity contribution in [1.82, 2.24) is 9.88 Å². The number of hydrogen-bond acceptors (Lipinski definition) is 7. The second-order valence-corrected chi connectivity index (χ2v) is 12.2. The predicted octanol–water partition coefficient (Wildman–Crippen LogP) is 5.38. The average molecular weight is 643 g/mol. The summed E-state index contributed by atoms with van der Waals surface area (Å²) in [6, 6.07) is 20.4. The molecule has 0 saturated carbocycles. The van der Waals surface area contributed by atoms with Gasteiger partial charge in [-0.3, -0.25) is 19.5 Å². The highest BCUT2D eigenvalue weighted by molar-refractivity contribution is 9.10. The molecule has 2 amide bonds. The van der Waals surface area contributed by atoms with Gasteiger partial charge in [0.2, 0.25) is 11.8 Å². The Morgan fingerprint density at radius 2 is 1.91 bits per heavy atom. The Kier molecular flexibility index (Phi) is 8.52. The highest BCUT2D eigenvalue weighted by Gasteiger charge is 2.56. The second kappa shape index (κ2) is 12.5. The smallest absolute Gasteiger partial charge is 0.455 e. The molecule has 2 N–H and O–H groups in total. The molecule has 3 aromatic rings. The minimum atomic E-state index is -1.07. The maximum atomic E-state index is 13.3. The van der Waals surface area contributed by atoms with Gasteiger partial charge in [0.25, 0.3) is 0 Å². The molecule has 0 radical (unpaired) electrons. The van der Waals surface area contributed by atoms with Crippen LogP contribution in [0.3, 0.4) is 0 Å². The number of nitrogens with zero attached hydrogens (tertiary/aromatic N) is 2. The molecule has 2 saturated heterocycles. The Hall–Kier alpha value is -3.73. The third-order valence-corrected chi connectivity index (χ3v) is 9.17. The number of aromatic nitrogens is 1. The van der Waals surface area contributed by atoms with E-state index in [1.807, 2.05) is 60.7 Å². The lowest BCUT2D eigenvalue weighted by atomic mass is 9.58. The topological polar surface area (TPSA) is 109 Å². The van der Waals surface area contributed by atoms with Gasteiger partial charge < -0.3 is 19.5 Å². The van der Waals surface area contributed by atoms with E-state index in [2.05, 4.69) is 20.9 Å². The number of phenols is 1. The quantitative estimate of drug-likeness (QED) is 0.193. The number of allylic oxidation sites excluding steroid dienone is 1. The molecule has 0 unspecified atom stereocenters. The number of carbonyl (C=O) groups excluding carboxylic acids is 2. The SMILES string of the molecule is CN1C(=O)[C@@H]2[C@@H](CC(COc3ccccc3)=C3[C@@H](CC/C(=C/c4cc(Br)ccc4O)c4ccccn4)OB(O)C[C@@H]32)C1=O. The molecule has 3 heterocycles. The van der Waals surface area contributed by atoms with Gasteiger partial charge in [-0.05, 0) is 96.8 Å². The summed E-state index contributed by atoms with van der Waals surface area (Å²) >= 11 is 3.49. The van der Waals surface area contributed by atoms with Crippen molar-refractivity contribution >= 4 is 46.5 Å². The third-order valence-electron chi connectivity index (χ3n) is 8.67. The van der Waals surface area contributed by atoms with Gasteiger partial charge in [-0.2, -0.15) is 0 Å². The van der Waals surface area contributed by atoms with Crippen LogP contribution in [0, 0.1) is 17.8 Å². The van der Waals surface area contributed by atoms with Crippen molar-refractivity contribution in [3.8, 4) is 11.5 Å². The van der Waals surface area contributed by atoms with Gasteiger partial charge in [-0.15, -0.1) is 0 Å². The van der Waals surface area contributed by atoms with E-state index in [1.165, 1.54) is 11.9 Å². The van der Waals surface area contributed by atoms with Crippen molar-refractivity contribution in [2.24, 2.45) is 17.8 Å². The van der Waals surface area contributed by atoms with Crippen LogP contribution >= 0.6 is 15.9 Å². The van der Waals surface area contributed by atoms with E-state index in [0.717, 1.165) is 26.9 Å². The lowest BCUT2D eigenvalue weighted by Gasteiger charge is -2.43. The number of aromatic hydroxyl groups is 1. The van der Waals surface area contributed by atoms with Crippen molar-refractivity contribution < 1.29 is 29.1 Å². The van der Waals surface area contributed by atoms with Gasteiger partial charge in [0.05, 0.1) is 23.6 Å². The number of likely N-dealkylation sites (tertiary alicyclic amines) is 1. The van der Waals surface area contributed by atoms with Crippen molar-refractivity contribution in [3.05, 3.63) is 99.8 Å². The Bertz CT molecular complexity index is 1580. The molecule has 43 heavy (non-hydrogen) atoms. The van der Waals surface area contributed by atoms with Crippen LogP contribution in [0.5, 0.6) is 11.5 Å². The van der Waals surface area contributed by atoms with E-state index in [9.17, 15) is 19.7 Å². The normalized spacial score (nSPS) is 23.8. The number of hydrogen-bond donors (Lipinski definition) is 2. The molecule has 0 spiro atoms. The highest BCUT2D eigenvalue weighted by atomic mass is 79.9. The second-order valence-electron chi connectivity index (χ2n) is 11.3. The zero-order valence-corrected chi connectivity index (χ0v) is 25.3. The van der Waals surface area contributed by atoms with E-state index in [4.69, 9.17) is 9.39 Å². The van der Waals surface area contributed by atoms with Gasteiger partial charge in [-0.1, -0.05) is 40.2 Å². The highest BCUT2D eigenvalue weighted by Crippen LogP contribution is 2.50. The van der Waals surface area contributed by atoms with Gasteiger partial charge in [0, 0.05) is 23.3 Å². The van der Waals surface area contributed by atoms with Crippen LogP contribution in [-0.4, -0.2) is 58.7 Å². The number of benzene rings is 2. The monoisotopic (exact) mass is 642 g/mol. The maximum Gasteiger partial charge on any atom is 0.455 e. The molecular weight excluding hydrogens is 611 g/mol. The standard InChI is InChI=1S/C33H32BBrN2O6/c1-37-32(39)25-17-22(19-42-24-7-3-2-4-8-24)30-26(31(25)33(37)40)18-34(41)43-29(30)13-10-20(27-9-5-6-14-36-27)15-21-16-23(35)11-12-28(21)38/h2-9,11-12,14-16,25-26,29,31,38,41H,10,13,17-19H2,1H3/b20-15-/t25-,26+,29-,31-/m1/s1. The van der Waals surface area contributed by atoms with E-state index in [0.29, 0.717) is 30.6 Å². The molecule has 220 valence electrons. The number of imide groups is 1. The summed E-state index contributed by atoms with van der Waals surface area (Å²) in [5, 5.41) is 21.4. The Labute approximate surface area is 259 Å². The molecule has 2 aromatic carbocycles. The van der Waals surface area contributed by atoms with Gasteiger partial charge in [0.1, 0.15) is 18.1 Å². The zero-order chi connectivity index (χ0) is 30.1. The van der Waals surface area contributed by atoms with E-state index in [-0.39, 0.29) is 36.4 Å². The van der Waals surface area contributed by atoms with Crippen molar-refractivity contribution in [2.45, 2.75) is 31.7 Å². The largest absolute Gasteiger partial charge is 0.507 e. The predicted molar refractivity (Wildman–Crippen MR) is 167 cm³/mol. The Balaban J connectivity index is 1.36. The Morgan fingerprint density at radius 3 is 2.67 bits per heavy atom. The summed E-state index contributed by atoms with van der Waals surface area (Å²) in [5.41, 5.74) is 4.18. The van der Waals surface area contributed by atoms with Crippen LogP contribution in [-0.2, 0) is 14.2 Å². The first kappa shape index (κ1) is 29.4. The van der Waals surface area contributed by atoms with Crippen molar-refractivity contribution in [1.29, 1.82) is 0 Å². The molecule has 2 aliphatic heterocycles. The minimum Gasteiger partial charge on any atom is -0.507 e. The molecule has 1 aliphatic carbocycles. The zero-order valence-electron chi connectivity index (χ0n) is 23.7. The van der Waals surface area contributed by atoms with E-state index in [1.54, 1.807) is 18.3 Å². The summed E-state index contributed by atoms with van der Waals surface area (Å²) in [6.45, 7) is 0.259. The summed E-state index contributed by atoms with van der Waals surface area (Å²) in [6.07, 6.45) is 4.79. The van der Waals surface area contributed by atoms with E-state index < -0.39 is 25.1 Å². The number of rotatable bonds is 8. The lowest BCUT2D eigenvalue weighted by Crippen LogP contribution is -2.46. The van der Waals surface area contributed by atoms with Crippen molar-refractivity contribution in [2.75, 3.05) is 13.7 Å². The first-order chi connectivity index (χ1) is 20.8. The minimum absolute atomic E-state index is 0.149. The lowest BCUT2D eigenvalue weighted by molar-refractivity contribution is -0.138. The number of halogens is 1. The molecule has 2 fully saturated rings. The molecule has 3 aliphatic rings.